The van der Waals surface area contributed by atoms with Gasteiger partial charge in [0.15, 0.2) is 0 Å². The molecule has 1 heterocycles. The second-order valence-electron chi connectivity index (χ2n) is 5.16. The molecule has 0 unspecified atom stereocenters. The second-order valence-corrected chi connectivity index (χ2v) is 6.84. The zero-order chi connectivity index (χ0) is 15.7. The number of anilines is 1. The minimum Gasteiger partial charge on any atom is -0.481 e. The lowest BCUT2D eigenvalue weighted by molar-refractivity contribution is -0.142. The number of rotatable bonds is 5. The Morgan fingerprint density at radius 3 is 2.29 bits per heavy atom. The first-order chi connectivity index (χ1) is 9.73. The summed E-state index contributed by atoms with van der Waals surface area (Å²) in [6.07, 6.45) is 2.90. The number of carboxylic acid groups (broad SMARTS) is 1. The molecule has 7 heteroatoms. The van der Waals surface area contributed by atoms with E-state index in [0.29, 0.717) is 11.3 Å². The van der Waals surface area contributed by atoms with Crippen LogP contribution >= 0.6 is 0 Å². The maximum Gasteiger partial charge on any atom is 0.313 e. The molecule has 1 aromatic carbocycles. The van der Waals surface area contributed by atoms with Gasteiger partial charge in [-0.25, -0.2) is 8.42 Å². The van der Waals surface area contributed by atoms with Crippen molar-refractivity contribution in [2.24, 2.45) is 0 Å². The SMILES string of the molecule is CC(C)(C(=O)O)c1ccc(NS(=O)(=O)c2cc[nH]c2)cc1. The van der Waals surface area contributed by atoms with E-state index in [1.165, 1.54) is 18.5 Å². The second kappa shape index (κ2) is 5.25. The molecule has 0 fully saturated rings. The number of carboxylic acids is 1. The highest BCUT2D eigenvalue weighted by Crippen LogP contribution is 2.25. The van der Waals surface area contributed by atoms with Crippen molar-refractivity contribution in [3.05, 3.63) is 48.3 Å². The van der Waals surface area contributed by atoms with Crippen LogP contribution in [0.2, 0.25) is 0 Å². The topological polar surface area (TPSA) is 99.3 Å². The van der Waals surface area contributed by atoms with E-state index < -0.39 is 21.4 Å². The minimum absolute atomic E-state index is 0.137. The summed E-state index contributed by atoms with van der Waals surface area (Å²) in [4.78, 5) is 14.0. The van der Waals surface area contributed by atoms with Crippen molar-refractivity contribution in [1.82, 2.24) is 4.98 Å². The third-order valence-corrected chi connectivity index (χ3v) is 4.65. The Hall–Kier alpha value is -2.28. The van der Waals surface area contributed by atoms with Gasteiger partial charge in [-0.2, -0.15) is 0 Å². The lowest BCUT2D eigenvalue weighted by Crippen LogP contribution is -2.28. The number of aliphatic carboxylic acids is 1. The van der Waals surface area contributed by atoms with E-state index in [1.54, 1.807) is 38.1 Å². The van der Waals surface area contributed by atoms with Gasteiger partial charge in [-0.1, -0.05) is 12.1 Å². The molecular weight excluding hydrogens is 292 g/mol. The Morgan fingerprint density at radius 1 is 1.19 bits per heavy atom. The first kappa shape index (κ1) is 15.1. The van der Waals surface area contributed by atoms with Gasteiger partial charge in [-0.3, -0.25) is 9.52 Å². The van der Waals surface area contributed by atoms with Gasteiger partial charge in [0.2, 0.25) is 0 Å². The predicted molar refractivity (Wildman–Crippen MR) is 78.7 cm³/mol. The van der Waals surface area contributed by atoms with Gasteiger partial charge in [0.1, 0.15) is 4.90 Å². The van der Waals surface area contributed by atoms with Crippen LogP contribution in [0.4, 0.5) is 5.69 Å². The summed E-state index contributed by atoms with van der Waals surface area (Å²) in [5, 5.41) is 9.16. The van der Waals surface area contributed by atoms with Gasteiger partial charge in [-0.15, -0.1) is 0 Å². The molecule has 0 aliphatic carbocycles. The highest BCUT2D eigenvalue weighted by atomic mass is 32.2. The molecule has 3 N–H and O–H groups in total. The normalized spacial score (nSPS) is 12.1. The van der Waals surface area contributed by atoms with Gasteiger partial charge in [0, 0.05) is 18.1 Å². The van der Waals surface area contributed by atoms with Crippen molar-refractivity contribution >= 4 is 21.7 Å². The lowest BCUT2D eigenvalue weighted by atomic mass is 9.85. The average molecular weight is 308 g/mol. The van der Waals surface area contributed by atoms with Crippen LogP contribution in [0.1, 0.15) is 19.4 Å². The molecule has 0 aliphatic heterocycles. The molecule has 0 saturated heterocycles. The molecule has 0 saturated carbocycles. The number of benzene rings is 1. The Kier molecular flexibility index (Phi) is 3.78. The molecule has 0 radical (unpaired) electrons. The van der Waals surface area contributed by atoms with Crippen LogP contribution in [0.3, 0.4) is 0 Å². The van der Waals surface area contributed by atoms with E-state index in [0.717, 1.165) is 0 Å². The molecule has 0 bridgehead atoms. The van der Waals surface area contributed by atoms with Crippen molar-refractivity contribution in [1.29, 1.82) is 0 Å². The van der Waals surface area contributed by atoms with E-state index in [2.05, 4.69) is 9.71 Å². The minimum atomic E-state index is -3.63. The molecule has 21 heavy (non-hydrogen) atoms. The summed E-state index contributed by atoms with van der Waals surface area (Å²) < 4.78 is 26.5. The first-order valence-corrected chi connectivity index (χ1v) is 7.71. The fourth-order valence-corrected chi connectivity index (χ4v) is 2.80. The Bertz CT molecular complexity index is 732. The molecule has 112 valence electrons. The van der Waals surface area contributed by atoms with Gasteiger partial charge in [0.05, 0.1) is 5.41 Å². The average Bonchev–Trinajstić information content (AvgIpc) is 2.93. The number of carbonyl (C=O) groups is 1. The maximum atomic E-state index is 12.0. The third-order valence-electron chi connectivity index (χ3n) is 3.27. The number of hydrogen-bond donors (Lipinski definition) is 3. The van der Waals surface area contributed by atoms with Crippen molar-refractivity contribution < 1.29 is 18.3 Å². The Balaban J connectivity index is 2.23. The lowest BCUT2D eigenvalue weighted by Gasteiger charge is -2.20. The molecular formula is C14H16N2O4S. The Labute approximate surface area is 122 Å². The highest BCUT2D eigenvalue weighted by Gasteiger charge is 2.29. The quantitative estimate of drug-likeness (QED) is 0.788. The fourth-order valence-electron chi connectivity index (χ4n) is 1.77. The predicted octanol–water partition coefficient (Wildman–Crippen LogP) is 2.18. The molecule has 0 aliphatic rings. The van der Waals surface area contributed by atoms with Gasteiger partial charge < -0.3 is 10.1 Å². The molecule has 0 amide bonds. The van der Waals surface area contributed by atoms with E-state index >= 15 is 0 Å². The number of aromatic nitrogens is 1. The van der Waals surface area contributed by atoms with Crippen molar-refractivity contribution in [2.45, 2.75) is 24.2 Å². The molecule has 2 aromatic rings. The summed E-state index contributed by atoms with van der Waals surface area (Å²) in [6, 6.07) is 7.74. The highest BCUT2D eigenvalue weighted by molar-refractivity contribution is 7.92. The van der Waals surface area contributed by atoms with Crippen molar-refractivity contribution in [3.63, 3.8) is 0 Å². The van der Waals surface area contributed by atoms with Crippen LogP contribution in [0.25, 0.3) is 0 Å². The molecule has 0 spiro atoms. The van der Waals surface area contributed by atoms with Crippen LogP contribution in [0, 0.1) is 0 Å². The number of hydrogen-bond acceptors (Lipinski definition) is 3. The first-order valence-electron chi connectivity index (χ1n) is 6.23. The zero-order valence-electron chi connectivity index (χ0n) is 11.6. The molecule has 6 nitrogen and oxygen atoms in total. The van der Waals surface area contributed by atoms with E-state index in [9.17, 15) is 13.2 Å². The van der Waals surface area contributed by atoms with Crippen LogP contribution in [0.15, 0.2) is 47.6 Å². The van der Waals surface area contributed by atoms with Crippen LogP contribution < -0.4 is 4.72 Å². The monoisotopic (exact) mass is 308 g/mol. The van der Waals surface area contributed by atoms with Crippen molar-refractivity contribution in [3.8, 4) is 0 Å². The van der Waals surface area contributed by atoms with Crippen LogP contribution in [-0.4, -0.2) is 24.5 Å². The van der Waals surface area contributed by atoms with Crippen molar-refractivity contribution in [2.75, 3.05) is 4.72 Å². The van der Waals surface area contributed by atoms with E-state index in [-0.39, 0.29) is 4.90 Å². The summed E-state index contributed by atoms with van der Waals surface area (Å²) in [7, 11) is -3.63. The summed E-state index contributed by atoms with van der Waals surface area (Å²) in [6.45, 7) is 3.18. The summed E-state index contributed by atoms with van der Waals surface area (Å²) >= 11 is 0. The van der Waals surface area contributed by atoms with E-state index in [4.69, 9.17) is 5.11 Å². The molecule has 0 atom stereocenters. The maximum absolute atomic E-state index is 12.0. The van der Waals surface area contributed by atoms with Gasteiger partial charge >= 0.3 is 5.97 Å². The zero-order valence-corrected chi connectivity index (χ0v) is 12.4. The number of sulfonamides is 1. The largest absolute Gasteiger partial charge is 0.481 e. The number of aromatic amines is 1. The molecule has 1 aromatic heterocycles. The smallest absolute Gasteiger partial charge is 0.313 e. The van der Waals surface area contributed by atoms with Gasteiger partial charge in [0.25, 0.3) is 10.0 Å². The van der Waals surface area contributed by atoms with Crippen LogP contribution in [0.5, 0.6) is 0 Å². The summed E-state index contributed by atoms with van der Waals surface area (Å²) in [5.74, 6) is -0.942. The van der Waals surface area contributed by atoms with E-state index in [1.807, 2.05) is 0 Å². The summed E-state index contributed by atoms with van der Waals surface area (Å²) in [5.41, 5.74) is -0.0568. The van der Waals surface area contributed by atoms with Gasteiger partial charge in [-0.05, 0) is 37.6 Å². The third kappa shape index (κ3) is 3.08. The fraction of sp³-hybridized carbons (Fsp3) is 0.214. The number of H-pyrrole nitrogens is 1. The number of nitrogens with one attached hydrogen (secondary N) is 2. The molecule has 2 rings (SSSR count). The van der Waals surface area contributed by atoms with Crippen LogP contribution in [-0.2, 0) is 20.2 Å². The Morgan fingerprint density at radius 2 is 1.81 bits per heavy atom. The standard InChI is InChI=1S/C14H16N2O4S/c1-14(2,13(17)18)10-3-5-11(6-4-10)16-21(19,20)12-7-8-15-9-12/h3-9,15-16H,1-2H3,(H,17,18).